The fourth-order valence-electron chi connectivity index (χ4n) is 4.81. The van der Waals surface area contributed by atoms with Gasteiger partial charge in [-0.2, -0.15) is 0 Å². The molecule has 2 N–H and O–H groups in total. The van der Waals surface area contributed by atoms with Crippen molar-refractivity contribution in [2.45, 2.75) is 50.3 Å². The van der Waals surface area contributed by atoms with Gasteiger partial charge in [-0.05, 0) is 87.5 Å². The molecule has 2 amide bonds. The smallest absolute Gasteiger partial charge is 0.251 e. The normalized spacial score (nSPS) is 20.9. The van der Waals surface area contributed by atoms with E-state index in [1.807, 2.05) is 31.2 Å². The number of nitrogens with one attached hydrogen (secondary N) is 2. The summed E-state index contributed by atoms with van der Waals surface area (Å²) < 4.78 is 0. The molecule has 1 unspecified atom stereocenters. The molecule has 3 aliphatic rings. The number of aromatic nitrogens is 1. The predicted octanol–water partition coefficient (Wildman–Crippen LogP) is 4.61. The molecule has 6 nitrogen and oxygen atoms in total. The van der Waals surface area contributed by atoms with Crippen LogP contribution in [0.4, 0.5) is 5.82 Å². The number of likely N-dealkylation sites (tertiary alicyclic amines) is 1. The number of hydrogen-bond acceptors (Lipinski definition) is 4. The number of carbonyl (C=O) groups is 2. The number of fused-ring (bicyclic) bond motifs is 1. The van der Waals surface area contributed by atoms with Gasteiger partial charge in [0, 0.05) is 36.3 Å². The lowest BCUT2D eigenvalue weighted by molar-refractivity contribution is -0.117. The van der Waals surface area contributed by atoms with E-state index in [1.165, 1.54) is 19.3 Å². The van der Waals surface area contributed by atoms with Gasteiger partial charge >= 0.3 is 0 Å². The van der Waals surface area contributed by atoms with Crippen molar-refractivity contribution in [3.63, 3.8) is 0 Å². The maximum Gasteiger partial charge on any atom is 0.251 e. The lowest BCUT2D eigenvalue weighted by Gasteiger charge is -2.26. The van der Waals surface area contributed by atoms with Gasteiger partial charge in [-0.15, -0.1) is 11.6 Å². The summed E-state index contributed by atoms with van der Waals surface area (Å²) >= 11 is 6.65. The van der Waals surface area contributed by atoms with Crippen molar-refractivity contribution in [3.05, 3.63) is 64.4 Å². The molecule has 7 heteroatoms. The maximum atomic E-state index is 12.6. The molecule has 0 bridgehead atoms. The third-order valence-corrected chi connectivity index (χ3v) is 7.44. The number of allylic oxidation sites excluding steroid dienone is 1. The van der Waals surface area contributed by atoms with Crippen LogP contribution in [0.3, 0.4) is 0 Å². The number of rotatable bonds is 6. The van der Waals surface area contributed by atoms with Crippen molar-refractivity contribution < 1.29 is 9.59 Å². The van der Waals surface area contributed by atoms with Crippen LogP contribution < -0.4 is 10.6 Å². The fraction of sp³-hybridized carbons (Fsp3) is 0.433. The molecule has 0 radical (unpaired) electrons. The fourth-order valence-corrected chi connectivity index (χ4v) is 5.01. The first-order valence-corrected chi connectivity index (χ1v) is 13.6. The average molecular weight is 517 g/mol. The molecule has 2 aromatic rings. The van der Waals surface area contributed by atoms with Crippen LogP contribution in [-0.4, -0.2) is 52.8 Å². The van der Waals surface area contributed by atoms with Crippen LogP contribution in [0.1, 0.15) is 71.6 Å². The number of halogens is 1. The molecule has 1 aromatic heterocycles. The molecule has 37 heavy (non-hydrogen) atoms. The Morgan fingerprint density at radius 2 is 1.89 bits per heavy atom. The minimum atomic E-state index is -0.522. The second-order valence-electron chi connectivity index (χ2n) is 10.5. The second-order valence-corrected chi connectivity index (χ2v) is 11.3. The molecule has 1 atom stereocenters. The summed E-state index contributed by atoms with van der Waals surface area (Å²) in [6.45, 7) is 5.74. The first kappa shape index (κ1) is 25.5. The van der Waals surface area contributed by atoms with Gasteiger partial charge in [-0.25, -0.2) is 4.98 Å². The van der Waals surface area contributed by atoms with Crippen LogP contribution in [0.5, 0.6) is 0 Å². The molecular formula is C30H33ClN4O2. The Morgan fingerprint density at radius 3 is 2.62 bits per heavy atom. The van der Waals surface area contributed by atoms with Gasteiger partial charge in [0.25, 0.3) is 5.91 Å². The summed E-state index contributed by atoms with van der Waals surface area (Å²) in [5.41, 5.74) is 4.04. The van der Waals surface area contributed by atoms with Crippen LogP contribution in [0.25, 0.3) is 6.08 Å². The third kappa shape index (κ3) is 6.60. The Kier molecular flexibility index (Phi) is 7.64. The molecule has 192 valence electrons. The third-order valence-electron chi connectivity index (χ3n) is 7.18. The molecule has 1 aromatic carbocycles. The van der Waals surface area contributed by atoms with E-state index >= 15 is 0 Å². The number of carbonyl (C=O) groups excluding carboxylic acids is 2. The predicted molar refractivity (Wildman–Crippen MR) is 148 cm³/mol. The summed E-state index contributed by atoms with van der Waals surface area (Å²) in [4.78, 5) is 31.5. The average Bonchev–Trinajstić information content (AvgIpc) is 3.74. The lowest BCUT2D eigenvalue weighted by atomic mass is 9.88. The van der Waals surface area contributed by atoms with Gasteiger partial charge in [0.1, 0.15) is 5.82 Å². The van der Waals surface area contributed by atoms with Crippen molar-refractivity contribution >= 4 is 35.3 Å². The first-order chi connectivity index (χ1) is 17.9. The molecular weight excluding hydrogens is 484 g/mol. The standard InChI is InChI=1S/C30H33ClN4O2/c1-30(31)14-13-24-20-33-27(34-29(37)23-10-11-23)25(26(24)19-30)12-7-21-5-8-22(9-6-21)28(36)32-15-18-35-16-3-2-4-17-35/h5-6,8-9,13-14,20,23H,2-4,10-11,15-19H2,1H3,(H,32,36)(H,33,34,37). The van der Waals surface area contributed by atoms with E-state index in [-0.39, 0.29) is 17.7 Å². The Balaban J connectivity index is 1.30. The van der Waals surface area contributed by atoms with Crippen molar-refractivity contribution in [3.8, 4) is 11.8 Å². The van der Waals surface area contributed by atoms with E-state index in [4.69, 9.17) is 11.6 Å². The van der Waals surface area contributed by atoms with E-state index in [1.54, 1.807) is 18.3 Å². The number of alkyl halides is 1. The number of pyridine rings is 1. The van der Waals surface area contributed by atoms with Gasteiger partial charge in [0.2, 0.25) is 5.91 Å². The number of nitrogens with zero attached hydrogens (tertiary/aromatic N) is 2. The number of benzene rings is 1. The molecule has 1 saturated carbocycles. The van der Waals surface area contributed by atoms with E-state index in [0.717, 1.165) is 49.2 Å². The van der Waals surface area contributed by atoms with E-state index < -0.39 is 4.87 Å². The van der Waals surface area contributed by atoms with Gasteiger partial charge in [-0.1, -0.05) is 30.4 Å². The lowest BCUT2D eigenvalue weighted by Crippen LogP contribution is -2.37. The summed E-state index contributed by atoms with van der Waals surface area (Å²) in [6, 6.07) is 7.30. The zero-order valence-corrected chi connectivity index (χ0v) is 22.0. The van der Waals surface area contributed by atoms with Crippen LogP contribution in [0.2, 0.25) is 0 Å². The monoisotopic (exact) mass is 516 g/mol. The zero-order valence-electron chi connectivity index (χ0n) is 21.3. The molecule has 2 fully saturated rings. The Hall–Kier alpha value is -3.14. The van der Waals surface area contributed by atoms with Crippen molar-refractivity contribution in [1.82, 2.24) is 15.2 Å². The number of amides is 2. The van der Waals surface area contributed by atoms with E-state index in [2.05, 4.69) is 32.4 Å². The summed E-state index contributed by atoms with van der Waals surface area (Å²) in [5, 5.41) is 6.00. The van der Waals surface area contributed by atoms with Crippen LogP contribution in [-0.2, 0) is 11.2 Å². The first-order valence-electron chi connectivity index (χ1n) is 13.2. The molecule has 2 heterocycles. The Bertz CT molecular complexity index is 1260. The number of anilines is 1. The highest BCUT2D eigenvalue weighted by molar-refractivity contribution is 6.25. The highest BCUT2D eigenvalue weighted by atomic mass is 35.5. The Labute approximate surface area is 223 Å². The summed E-state index contributed by atoms with van der Waals surface area (Å²) in [7, 11) is 0. The van der Waals surface area contributed by atoms with Gasteiger partial charge < -0.3 is 15.5 Å². The van der Waals surface area contributed by atoms with Gasteiger partial charge in [0.05, 0.1) is 10.4 Å². The molecule has 1 aliphatic heterocycles. The van der Waals surface area contributed by atoms with Crippen LogP contribution in [0.15, 0.2) is 36.5 Å². The second kappa shape index (κ2) is 11.1. The minimum Gasteiger partial charge on any atom is -0.351 e. The molecule has 2 aliphatic carbocycles. The Morgan fingerprint density at radius 1 is 1.14 bits per heavy atom. The van der Waals surface area contributed by atoms with E-state index in [0.29, 0.717) is 29.9 Å². The van der Waals surface area contributed by atoms with E-state index in [9.17, 15) is 9.59 Å². The van der Waals surface area contributed by atoms with Crippen molar-refractivity contribution in [1.29, 1.82) is 0 Å². The topological polar surface area (TPSA) is 74.3 Å². The quantitative estimate of drug-likeness (QED) is 0.434. The van der Waals surface area contributed by atoms with Crippen LogP contribution >= 0.6 is 11.6 Å². The van der Waals surface area contributed by atoms with Crippen molar-refractivity contribution in [2.75, 3.05) is 31.5 Å². The molecule has 1 saturated heterocycles. The van der Waals surface area contributed by atoms with Gasteiger partial charge in [-0.3, -0.25) is 9.59 Å². The van der Waals surface area contributed by atoms with Crippen LogP contribution in [0, 0.1) is 17.8 Å². The highest BCUT2D eigenvalue weighted by Gasteiger charge is 2.31. The largest absolute Gasteiger partial charge is 0.351 e. The molecule has 0 spiro atoms. The number of hydrogen-bond donors (Lipinski definition) is 2. The molecule has 5 rings (SSSR count). The highest BCUT2D eigenvalue weighted by Crippen LogP contribution is 2.35. The SMILES string of the molecule is CC1(Cl)C=Cc2cnc(NC(=O)C3CC3)c(C#Cc3ccc(C(=O)NCCN4CCCCC4)cc3)c2C1. The van der Waals surface area contributed by atoms with Crippen molar-refractivity contribution in [2.24, 2.45) is 5.92 Å². The maximum absolute atomic E-state index is 12.6. The van der Waals surface area contributed by atoms with Gasteiger partial charge in [0.15, 0.2) is 0 Å². The summed E-state index contributed by atoms with van der Waals surface area (Å²) in [6.07, 6.45) is 11.9. The number of piperidine rings is 1. The zero-order chi connectivity index (χ0) is 25.8. The summed E-state index contributed by atoms with van der Waals surface area (Å²) in [5.74, 6) is 6.92. The minimum absolute atomic E-state index is 0.00820.